The molecular weight excluding hydrogens is 368 g/mol. The first-order chi connectivity index (χ1) is 13.8. The highest BCUT2D eigenvalue weighted by molar-refractivity contribution is 7.10. The van der Waals surface area contributed by atoms with Gasteiger partial charge in [0.05, 0.1) is 19.8 Å². The summed E-state index contributed by atoms with van der Waals surface area (Å²) in [5, 5.41) is 2.18. The minimum atomic E-state index is 0.601. The maximum atomic E-state index is 5.46. The summed E-state index contributed by atoms with van der Waals surface area (Å²) < 4.78 is 5.46. The summed E-state index contributed by atoms with van der Waals surface area (Å²) >= 11 is 1.87. The predicted molar refractivity (Wildman–Crippen MR) is 117 cm³/mol. The fourth-order valence-corrected chi connectivity index (χ4v) is 4.89. The molecule has 28 heavy (non-hydrogen) atoms. The van der Waals surface area contributed by atoms with Crippen LogP contribution in [0.5, 0.6) is 0 Å². The minimum Gasteiger partial charge on any atom is -0.378 e. The molecule has 0 N–H and O–H groups in total. The SMILES string of the molecule is C=C/C(=C\C=C1/CN=CN=C1N1CCCC(c2cccs2)C1)N1CCOCC1. The molecule has 0 amide bonds. The highest BCUT2D eigenvalue weighted by atomic mass is 32.1. The Morgan fingerprint density at radius 2 is 2.18 bits per heavy atom. The van der Waals surface area contributed by atoms with E-state index in [-0.39, 0.29) is 0 Å². The van der Waals surface area contributed by atoms with E-state index in [4.69, 9.17) is 4.74 Å². The summed E-state index contributed by atoms with van der Waals surface area (Å²) in [6, 6.07) is 4.42. The van der Waals surface area contributed by atoms with Gasteiger partial charge >= 0.3 is 0 Å². The normalized spacial score (nSPS) is 25.1. The number of amidine groups is 1. The molecule has 1 aromatic rings. The number of likely N-dealkylation sites (tertiary alicyclic amines) is 1. The topological polar surface area (TPSA) is 40.4 Å². The van der Waals surface area contributed by atoms with E-state index in [0.29, 0.717) is 12.5 Å². The van der Waals surface area contributed by atoms with Crippen LogP contribution in [0.3, 0.4) is 0 Å². The monoisotopic (exact) mass is 396 g/mol. The average Bonchev–Trinajstić information content (AvgIpc) is 3.30. The van der Waals surface area contributed by atoms with Gasteiger partial charge in [-0.15, -0.1) is 11.3 Å². The van der Waals surface area contributed by atoms with Crippen LogP contribution in [0.1, 0.15) is 23.6 Å². The van der Waals surface area contributed by atoms with E-state index < -0.39 is 0 Å². The van der Waals surface area contributed by atoms with Crippen LogP contribution < -0.4 is 0 Å². The number of morpholine rings is 1. The summed E-state index contributed by atoms with van der Waals surface area (Å²) in [5.41, 5.74) is 2.32. The highest BCUT2D eigenvalue weighted by Gasteiger charge is 2.26. The molecule has 4 rings (SSSR count). The molecular formula is C22H28N4OS. The Bertz CT molecular complexity index is 787. The number of rotatable bonds is 4. The number of hydrogen-bond donors (Lipinski definition) is 0. The number of thiophene rings is 1. The molecule has 3 aliphatic heterocycles. The third kappa shape index (κ3) is 4.45. The van der Waals surface area contributed by atoms with Crippen molar-refractivity contribution in [1.82, 2.24) is 9.80 Å². The first-order valence-electron chi connectivity index (χ1n) is 10.1. The lowest BCUT2D eigenvalue weighted by atomic mass is 9.95. The molecule has 0 spiro atoms. The van der Waals surface area contributed by atoms with E-state index in [1.54, 1.807) is 6.34 Å². The van der Waals surface area contributed by atoms with Gasteiger partial charge in [-0.05, 0) is 36.4 Å². The van der Waals surface area contributed by atoms with E-state index in [0.717, 1.165) is 50.9 Å². The Labute approximate surface area is 171 Å². The van der Waals surface area contributed by atoms with Crippen LogP contribution >= 0.6 is 11.3 Å². The molecule has 0 aromatic carbocycles. The molecule has 0 aliphatic carbocycles. The van der Waals surface area contributed by atoms with Crippen molar-refractivity contribution in [2.24, 2.45) is 9.98 Å². The Morgan fingerprint density at radius 1 is 1.29 bits per heavy atom. The predicted octanol–water partition coefficient (Wildman–Crippen LogP) is 3.70. The Hall–Kier alpha value is -2.18. The standard InChI is InChI=1S/C22H28N4OS/c1-2-20(25-10-12-27-13-11-25)8-7-18-15-23-17-24-22(18)26-9-3-5-19(16-26)21-6-4-14-28-21/h2,4,6-8,14,17,19H,1,3,5,9-13,15-16H2/b18-7+,20-8+. The molecule has 2 saturated heterocycles. The molecule has 6 heteroatoms. The van der Waals surface area contributed by atoms with Crippen LogP contribution in [-0.4, -0.2) is 67.9 Å². The smallest absolute Gasteiger partial charge is 0.135 e. The van der Waals surface area contributed by atoms with E-state index in [9.17, 15) is 0 Å². The third-order valence-electron chi connectivity index (χ3n) is 5.52. The quantitative estimate of drug-likeness (QED) is 0.729. The maximum Gasteiger partial charge on any atom is 0.135 e. The average molecular weight is 397 g/mol. The molecule has 1 aromatic heterocycles. The first-order valence-corrected chi connectivity index (χ1v) is 10.9. The zero-order chi connectivity index (χ0) is 19.2. The second-order valence-corrected chi connectivity index (χ2v) is 8.28. The van der Waals surface area contributed by atoms with Crippen molar-refractivity contribution in [2.75, 3.05) is 45.9 Å². The van der Waals surface area contributed by atoms with Gasteiger partial charge < -0.3 is 14.5 Å². The number of nitrogens with zero attached hydrogens (tertiary/aromatic N) is 4. The van der Waals surface area contributed by atoms with Gasteiger partial charge in [0.1, 0.15) is 12.2 Å². The molecule has 5 nitrogen and oxygen atoms in total. The Balaban J connectivity index is 1.51. The summed E-state index contributed by atoms with van der Waals surface area (Å²) in [6.07, 6.45) is 10.4. The van der Waals surface area contributed by atoms with Gasteiger partial charge in [-0.2, -0.15) is 0 Å². The van der Waals surface area contributed by atoms with Gasteiger partial charge in [0.15, 0.2) is 0 Å². The van der Waals surface area contributed by atoms with Crippen LogP contribution in [0.15, 0.2) is 63.6 Å². The molecule has 0 bridgehead atoms. The van der Waals surface area contributed by atoms with Crippen molar-refractivity contribution >= 4 is 23.5 Å². The number of ether oxygens (including phenoxy) is 1. The molecule has 148 valence electrons. The first kappa shape index (κ1) is 19.2. The van der Waals surface area contributed by atoms with E-state index in [2.05, 4.69) is 56.0 Å². The number of hydrogen-bond acceptors (Lipinski definition) is 6. The van der Waals surface area contributed by atoms with Gasteiger partial charge in [-0.3, -0.25) is 4.99 Å². The molecule has 0 saturated carbocycles. The van der Waals surface area contributed by atoms with Crippen molar-refractivity contribution < 1.29 is 4.74 Å². The van der Waals surface area contributed by atoms with E-state index in [1.807, 2.05) is 17.4 Å². The van der Waals surface area contributed by atoms with Crippen molar-refractivity contribution in [1.29, 1.82) is 0 Å². The molecule has 3 aliphatic rings. The van der Waals surface area contributed by atoms with Crippen LogP contribution in [0.4, 0.5) is 0 Å². The fraction of sp³-hybridized carbons (Fsp3) is 0.455. The highest BCUT2D eigenvalue weighted by Crippen LogP contribution is 2.31. The summed E-state index contributed by atoms with van der Waals surface area (Å²) in [5.74, 6) is 1.68. The molecule has 0 radical (unpaired) electrons. The van der Waals surface area contributed by atoms with E-state index in [1.165, 1.54) is 23.3 Å². The van der Waals surface area contributed by atoms with Crippen LogP contribution in [0, 0.1) is 0 Å². The van der Waals surface area contributed by atoms with Crippen LogP contribution in [-0.2, 0) is 4.74 Å². The molecule has 1 unspecified atom stereocenters. The lowest BCUT2D eigenvalue weighted by Gasteiger charge is -2.35. The largest absolute Gasteiger partial charge is 0.378 e. The maximum absolute atomic E-state index is 5.46. The second-order valence-electron chi connectivity index (χ2n) is 7.30. The lowest BCUT2D eigenvalue weighted by Crippen LogP contribution is -2.41. The number of allylic oxidation sites excluding steroid dienone is 3. The second kappa shape index (κ2) is 9.34. The Morgan fingerprint density at radius 3 is 2.96 bits per heavy atom. The number of aliphatic imine (C=N–C) groups is 2. The van der Waals surface area contributed by atoms with Crippen LogP contribution in [0.25, 0.3) is 0 Å². The summed E-state index contributed by atoms with van der Waals surface area (Å²) in [4.78, 5) is 15.3. The third-order valence-corrected chi connectivity index (χ3v) is 6.55. The van der Waals surface area contributed by atoms with Gasteiger partial charge in [-0.1, -0.05) is 18.7 Å². The Kier molecular flexibility index (Phi) is 6.39. The van der Waals surface area contributed by atoms with Crippen molar-refractivity contribution in [2.45, 2.75) is 18.8 Å². The summed E-state index contributed by atoms with van der Waals surface area (Å²) in [7, 11) is 0. The zero-order valence-corrected chi connectivity index (χ0v) is 17.1. The van der Waals surface area contributed by atoms with Crippen molar-refractivity contribution in [3.63, 3.8) is 0 Å². The molecule has 1 atom stereocenters. The van der Waals surface area contributed by atoms with Gasteiger partial charge in [0, 0.05) is 48.2 Å². The van der Waals surface area contributed by atoms with Gasteiger partial charge in [0.2, 0.25) is 0 Å². The number of piperidine rings is 1. The lowest BCUT2D eigenvalue weighted by molar-refractivity contribution is 0.0554. The minimum absolute atomic E-state index is 0.601. The van der Waals surface area contributed by atoms with Crippen molar-refractivity contribution in [3.8, 4) is 0 Å². The molecule has 4 heterocycles. The summed E-state index contributed by atoms with van der Waals surface area (Å²) in [6.45, 7) is 10.2. The van der Waals surface area contributed by atoms with Crippen LogP contribution in [0.2, 0.25) is 0 Å². The van der Waals surface area contributed by atoms with E-state index >= 15 is 0 Å². The molecule has 2 fully saturated rings. The fourth-order valence-electron chi connectivity index (χ4n) is 4.04. The zero-order valence-electron chi connectivity index (χ0n) is 16.3. The van der Waals surface area contributed by atoms with Gasteiger partial charge in [-0.25, -0.2) is 4.99 Å². The van der Waals surface area contributed by atoms with Gasteiger partial charge in [0.25, 0.3) is 0 Å². The van der Waals surface area contributed by atoms with Crippen molar-refractivity contribution in [3.05, 3.63) is 58.5 Å².